The Bertz CT molecular complexity index is 393. The van der Waals surface area contributed by atoms with Crippen LogP contribution in [0.5, 0.6) is 5.75 Å². The average molecular weight is 253 g/mol. The van der Waals surface area contributed by atoms with Gasteiger partial charge in [-0.3, -0.25) is 0 Å². The summed E-state index contributed by atoms with van der Waals surface area (Å²) in [5.74, 6) is 0.331. The molecule has 0 atom stereocenters. The third kappa shape index (κ3) is 3.92. The first-order valence-corrected chi connectivity index (χ1v) is 5.72. The number of benzene rings is 1. The van der Waals surface area contributed by atoms with Crippen LogP contribution in [0.1, 0.15) is 16.8 Å². The van der Waals surface area contributed by atoms with Gasteiger partial charge in [0.15, 0.2) is 0 Å². The van der Waals surface area contributed by atoms with Gasteiger partial charge in [0.05, 0.1) is 25.5 Å². The van der Waals surface area contributed by atoms with Crippen molar-refractivity contribution in [3.8, 4) is 5.75 Å². The third-order valence-corrected chi connectivity index (χ3v) is 2.46. The molecule has 5 nitrogen and oxygen atoms in total. The van der Waals surface area contributed by atoms with E-state index in [4.69, 9.17) is 9.47 Å². The highest BCUT2D eigenvalue weighted by atomic mass is 16.5. The molecular formula is C13H19NO4. The van der Waals surface area contributed by atoms with Crippen LogP contribution < -0.4 is 10.1 Å². The van der Waals surface area contributed by atoms with Crippen LogP contribution in [0.4, 0.5) is 5.69 Å². The lowest BCUT2D eigenvalue weighted by atomic mass is 10.2. The van der Waals surface area contributed by atoms with Gasteiger partial charge in [0.2, 0.25) is 0 Å². The molecule has 5 heteroatoms. The quantitative estimate of drug-likeness (QED) is 0.594. The fraction of sp³-hybridized carbons (Fsp3) is 0.462. The molecule has 0 aromatic heterocycles. The smallest absolute Gasteiger partial charge is 0.337 e. The molecule has 0 bridgehead atoms. The van der Waals surface area contributed by atoms with E-state index in [1.54, 1.807) is 32.4 Å². The van der Waals surface area contributed by atoms with Crippen molar-refractivity contribution in [2.75, 3.05) is 39.8 Å². The number of nitrogens with one attached hydrogen (secondary N) is 1. The van der Waals surface area contributed by atoms with Crippen molar-refractivity contribution in [1.82, 2.24) is 0 Å². The van der Waals surface area contributed by atoms with Crippen molar-refractivity contribution < 1.29 is 19.0 Å². The Kier molecular flexibility index (Phi) is 6.00. The second kappa shape index (κ2) is 7.55. The molecule has 0 fully saturated rings. The second-order valence-corrected chi connectivity index (χ2v) is 3.68. The van der Waals surface area contributed by atoms with Crippen LogP contribution in [-0.2, 0) is 9.47 Å². The van der Waals surface area contributed by atoms with Crippen LogP contribution in [0.3, 0.4) is 0 Å². The SMILES string of the molecule is COCCCNc1cc(C(=O)OC)ccc1OC. The van der Waals surface area contributed by atoms with Gasteiger partial charge >= 0.3 is 5.97 Å². The van der Waals surface area contributed by atoms with Gasteiger partial charge < -0.3 is 19.5 Å². The summed E-state index contributed by atoms with van der Waals surface area (Å²) in [4.78, 5) is 11.4. The van der Waals surface area contributed by atoms with E-state index in [2.05, 4.69) is 10.1 Å². The van der Waals surface area contributed by atoms with Crippen molar-refractivity contribution in [2.24, 2.45) is 0 Å². The Hall–Kier alpha value is -1.75. The first-order valence-electron chi connectivity index (χ1n) is 5.72. The highest BCUT2D eigenvalue weighted by Crippen LogP contribution is 2.25. The highest BCUT2D eigenvalue weighted by Gasteiger charge is 2.09. The fourth-order valence-corrected chi connectivity index (χ4v) is 1.53. The molecular weight excluding hydrogens is 234 g/mol. The molecule has 1 N–H and O–H groups in total. The van der Waals surface area contributed by atoms with Crippen molar-refractivity contribution in [2.45, 2.75) is 6.42 Å². The lowest BCUT2D eigenvalue weighted by molar-refractivity contribution is 0.0601. The predicted octanol–water partition coefficient (Wildman–Crippen LogP) is 1.93. The zero-order valence-corrected chi connectivity index (χ0v) is 11.0. The number of hydrogen-bond donors (Lipinski definition) is 1. The molecule has 18 heavy (non-hydrogen) atoms. The molecule has 0 heterocycles. The van der Waals surface area contributed by atoms with E-state index in [0.29, 0.717) is 17.9 Å². The summed E-state index contributed by atoms with van der Waals surface area (Å²) >= 11 is 0. The molecule has 0 spiro atoms. The van der Waals surface area contributed by atoms with Gasteiger partial charge in [-0.05, 0) is 24.6 Å². The molecule has 0 radical (unpaired) electrons. The predicted molar refractivity (Wildman–Crippen MR) is 69.3 cm³/mol. The number of carbonyl (C=O) groups is 1. The standard InChI is InChI=1S/C13H19NO4/c1-16-8-4-7-14-11-9-10(13(15)18-3)5-6-12(11)17-2/h5-6,9,14H,4,7-8H2,1-3H3. The van der Waals surface area contributed by atoms with E-state index < -0.39 is 0 Å². The second-order valence-electron chi connectivity index (χ2n) is 3.68. The maximum Gasteiger partial charge on any atom is 0.337 e. The van der Waals surface area contributed by atoms with Crippen LogP contribution in [-0.4, -0.2) is 40.5 Å². The fourth-order valence-electron chi connectivity index (χ4n) is 1.53. The van der Waals surface area contributed by atoms with Gasteiger partial charge in [0.1, 0.15) is 5.75 Å². The van der Waals surface area contributed by atoms with Crippen LogP contribution in [0, 0.1) is 0 Å². The molecule has 1 aromatic carbocycles. The molecule has 0 saturated carbocycles. The molecule has 0 aliphatic heterocycles. The Morgan fingerprint density at radius 3 is 2.67 bits per heavy atom. The number of methoxy groups -OCH3 is 3. The van der Waals surface area contributed by atoms with E-state index in [1.165, 1.54) is 7.11 Å². The average Bonchev–Trinajstić information content (AvgIpc) is 2.42. The van der Waals surface area contributed by atoms with Crippen molar-refractivity contribution in [1.29, 1.82) is 0 Å². The molecule has 1 aromatic rings. The maximum absolute atomic E-state index is 11.4. The van der Waals surface area contributed by atoms with E-state index in [9.17, 15) is 4.79 Å². The lowest BCUT2D eigenvalue weighted by Crippen LogP contribution is -2.08. The Morgan fingerprint density at radius 1 is 1.28 bits per heavy atom. The summed E-state index contributed by atoms with van der Waals surface area (Å²) in [6.45, 7) is 1.43. The van der Waals surface area contributed by atoms with Crippen molar-refractivity contribution in [3.63, 3.8) is 0 Å². The summed E-state index contributed by atoms with van der Waals surface area (Å²) in [5.41, 5.74) is 1.27. The zero-order valence-electron chi connectivity index (χ0n) is 11.0. The molecule has 1 rings (SSSR count). The Morgan fingerprint density at radius 2 is 2.06 bits per heavy atom. The maximum atomic E-state index is 11.4. The van der Waals surface area contributed by atoms with Gasteiger partial charge in [-0.15, -0.1) is 0 Å². The molecule has 0 amide bonds. The molecule has 100 valence electrons. The van der Waals surface area contributed by atoms with E-state index >= 15 is 0 Å². The van der Waals surface area contributed by atoms with Crippen LogP contribution >= 0.6 is 0 Å². The first-order chi connectivity index (χ1) is 8.72. The summed E-state index contributed by atoms with van der Waals surface area (Å²) in [6.07, 6.45) is 0.877. The minimum absolute atomic E-state index is 0.363. The number of hydrogen-bond acceptors (Lipinski definition) is 5. The minimum Gasteiger partial charge on any atom is -0.495 e. The summed E-state index contributed by atoms with van der Waals surface area (Å²) in [7, 11) is 4.62. The lowest BCUT2D eigenvalue weighted by Gasteiger charge is -2.12. The van der Waals surface area contributed by atoms with E-state index in [-0.39, 0.29) is 5.97 Å². The van der Waals surface area contributed by atoms with Crippen molar-refractivity contribution >= 4 is 11.7 Å². The topological polar surface area (TPSA) is 56.8 Å². The molecule has 0 saturated heterocycles. The van der Waals surface area contributed by atoms with Gasteiger partial charge in [-0.1, -0.05) is 0 Å². The Balaban J connectivity index is 2.75. The largest absolute Gasteiger partial charge is 0.495 e. The highest BCUT2D eigenvalue weighted by molar-refractivity contribution is 5.91. The molecule has 0 aliphatic carbocycles. The number of carbonyl (C=O) groups excluding carboxylic acids is 1. The van der Waals surface area contributed by atoms with Gasteiger partial charge in [0, 0.05) is 20.3 Å². The number of rotatable bonds is 7. The number of anilines is 1. The normalized spacial score (nSPS) is 9.94. The third-order valence-electron chi connectivity index (χ3n) is 2.46. The Labute approximate surface area is 107 Å². The number of ether oxygens (including phenoxy) is 3. The van der Waals surface area contributed by atoms with Crippen LogP contribution in [0.2, 0.25) is 0 Å². The summed E-state index contributed by atoms with van der Waals surface area (Å²) in [6, 6.07) is 5.13. The molecule has 0 aliphatic rings. The zero-order chi connectivity index (χ0) is 13.4. The minimum atomic E-state index is -0.363. The summed E-state index contributed by atoms with van der Waals surface area (Å²) < 4.78 is 14.9. The van der Waals surface area contributed by atoms with Gasteiger partial charge in [-0.25, -0.2) is 4.79 Å². The van der Waals surface area contributed by atoms with Crippen molar-refractivity contribution in [3.05, 3.63) is 23.8 Å². The molecule has 0 unspecified atom stereocenters. The van der Waals surface area contributed by atoms with E-state index in [1.807, 2.05) is 0 Å². The van der Waals surface area contributed by atoms with Gasteiger partial charge in [-0.2, -0.15) is 0 Å². The van der Waals surface area contributed by atoms with Crippen LogP contribution in [0.15, 0.2) is 18.2 Å². The van der Waals surface area contributed by atoms with E-state index in [0.717, 1.165) is 18.7 Å². The monoisotopic (exact) mass is 253 g/mol. The number of esters is 1. The summed E-state index contributed by atoms with van der Waals surface area (Å²) in [5, 5.41) is 3.21. The van der Waals surface area contributed by atoms with Crippen LogP contribution in [0.25, 0.3) is 0 Å². The van der Waals surface area contributed by atoms with Gasteiger partial charge in [0.25, 0.3) is 0 Å². The first kappa shape index (κ1) is 14.3.